The quantitative estimate of drug-likeness (QED) is 0.613. The summed E-state index contributed by atoms with van der Waals surface area (Å²) in [4.78, 5) is 14.4. The summed E-state index contributed by atoms with van der Waals surface area (Å²) in [7, 11) is 0. The van der Waals surface area contributed by atoms with Crippen LogP contribution in [0.3, 0.4) is 0 Å². The maximum absolute atomic E-state index is 13.8. The van der Waals surface area contributed by atoms with Gasteiger partial charge >= 0.3 is 0 Å². The Bertz CT molecular complexity index is 806. The van der Waals surface area contributed by atoms with E-state index in [1.54, 1.807) is 19.1 Å². The Labute approximate surface area is 148 Å². The predicted octanol–water partition coefficient (Wildman–Crippen LogP) is 4.23. The summed E-state index contributed by atoms with van der Waals surface area (Å²) in [6.07, 6.45) is 1.86. The average molecular weight is 366 g/mol. The number of hydrogen-bond donors (Lipinski definition) is 1. The van der Waals surface area contributed by atoms with Crippen LogP contribution in [0.4, 0.5) is 23.2 Å². The number of hydrogen-bond acceptors (Lipinski definition) is 2. The second-order valence-electron chi connectivity index (χ2n) is 6.42. The fraction of sp³-hybridized carbons (Fsp3) is 0.316. The molecule has 1 fully saturated rings. The van der Waals surface area contributed by atoms with E-state index in [1.165, 1.54) is 12.1 Å². The van der Waals surface area contributed by atoms with E-state index < -0.39 is 35.1 Å². The van der Waals surface area contributed by atoms with Crippen LogP contribution in [0.25, 0.3) is 0 Å². The molecule has 2 aromatic carbocycles. The van der Waals surface area contributed by atoms with Gasteiger partial charge in [0.1, 0.15) is 5.82 Å². The summed E-state index contributed by atoms with van der Waals surface area (Å²) >= 11 is 0. The number of nitrogens with one attached hydrogen (secondary N) is 1. The van der Waals surface area contributed by atoms with Crippen molar-refractivity contribution in [2.45, 2.75) is 38.4 Å². The number of rotatable bonds is 6. The fourth-order valence-electron chi connectivity index (χ4n) is 2.80. The molecule has 1 atom stereocenters. The highest BCUT2D eigenvalue weighted by atomic mass is 19.2. The maximum Gasteiger partial charge on any atom is 0.241 e. The molecule has 1 aliphatic rings. The smallest absolute Gasteiger partial charge is 0.241 e. The zero-order chi connectivity index (χ0) is 18.8. The molecule has 1 amide bonds. The second-order valence-corrected chi connectivity index (χ2v) is 6.42. The molecule has 2 aromatic rings. The highest BCUT2D eigenvalue weighted by Crippen LogP contribution is 2.31. The molecular weight excluding hydrogens is 348 g/mol. The Balaban J connectivity index is 1.72. The minimum atomic E-state index is -1.62. The van der Waals surface area contributed by atoms with Crippen molar-refractivity contribution in [1.29, 1.82) is 0 Å². The molecule has 3 rings (SSSR count). The Morgan fingerprint density at radius 2 is 1.73 bits per heavy atom. The zero-order valence-electron chi connectivity index (χ0n) is 14.1. The lowest BCUT2D eigenvalue weighted by molar-refractivity contribution is -0.121. The van der Waals surface area contributed by atoms with Crippen LogP contribution in [0.15, 0.2) is 36.4 Å². The number of anilines is 1. The first-order chi connectivity index (χ1) is 12.4. The molecule has 0 spiro atoms. The number of amides is 1. The molecule has 3 nitrogen and oxygen atoms in total. The van der Waals surface area contributed by atoms with Crippen molar-refractivity contribution in [3.8, 4) is 0 Å². The lowest BCUT2D eigenvalue weighted by Gasteiger charge is -2.28. The SMILES string of the molecule is C[C@H](C(=O)Nc1ccc(F)c(F)c1F)N(Cc1ccc(F)cc1)C1CC1. The first-order valence-electron chi connectivity index (χ1n) is 8.31. The van der Waals surface area contributed by atoms with Crippen molar-refractivity contribution in [2.75, 3.05) is 5.32 Å². The van der Waals surface area contributed by atoms with E-state index >= 15 is 0 Å². The highest BCUT2D eigenvalue weighted by Gasteiger charge is 2.35. The molecule has 0 heterocycles. The summed E-state index contributed by atoms with van der Waals surface area (Å²) in [5, 5.41) is 2.31. The van der Waals surface area contributed by atoms with Gasteiger partial charge < -0.3 is 5.32 Å². The van der Waals surface area contributed by atoms with Crippen molar-refractivity contribution >= 4 is 11.6 Å². The fourth-order valence-corrected chi connectivity index (χ4v) is 2.80. The van der Waals surface area contributed by atoms with Crippen molar-refractivity contribution in [2.24, 2.45) is 0 Å². The van der Waals surface area contributed by atoms with Crippen LogP contribution in [0.1, 0.15) is 25.3 Å². The first-order valence-corrected chi connectivity index (χ1v) is 8.31. The van der Waals surface area contributed by atoms with E-state index in [4.69, 9.17) is 0 Å². The van der Waals surface area contributed by atoms with Gasteiger partial charge in [0.05, 0.1) is 11.7 Å². The number of carbonyl (C=O) groups excluding carboxylic acids is 1. The predicted molar refractivity (Wildman–Crippen MR) is 89.4 cm³/mol. The summed E-state index contributed by atoms with van der Waals surface area (Å²) in [5.41, 5.74) is 0.440. The largest absolute Gasteiger partial charge is 0.322 e. The van der Waals surface area contributed by atoms with E-state index in [0.29, 0.717) is 6.54 Å². The molecule has 0 radical (unpaired) electrons. The molecule has 0 aliphatic heterocycles. The minimum absolute atomic E-state index is 0.204. The van der Waals surface area contributed by atoms with E-state index in [9.17, 15) is 22.4 Å². The molecule has 1 aliphatic carbocycles. The van der Waals surface area contributed by atoms with Crippen LogP contribution in [0.2, 0.25) is 0 Å². The van der Waals surface area contributed by atoms with Crippen molar-refractivity contribution in [1.82, 2.24) is 4.90 Å². The maximum atomic E-state index is 13.8. The van der Waals surface area contributed by atoms with Crippen LogP contribution in [-0.4, -0.2) is 22.9 Å². The van der Waals surface area contributed by atoms with Gasteiger partial charge in [-0.25, -0.2) is 17.6 Å². The molecule has 0 aromatic heterocycles. The molecular formula is C19H18F4N2O. The molecule has 7 heteroatoms. The molecule has 138 valence electrons. The number of carbonyl (C=O) groups is 1. The number of benzene rings is 2. The van der Waals surface area contributed by atoms with Gasteiger partial charge in [-0.2, -0.15) is 0 Å². The molecule has 1 saturated carbocycles. The van der Waals surface area contributed by atoms with Crippen LogP contribution in [0, 0.1) is 23.3 Å². The van der Waals surface area contributed by atoms with Gasteiger partial charge in [-0.3, -0.25) is 9.69 Å². The monoisotopic (exact) mass is 366 g/mol. The van der Waals surface area contributed by atoms with Gasteiger partial charge in [0.2, 0.25) is 5.91 Å². The van der Waals surface area contributed by atoms with Gasteiger partial charge in [-0.1, -0.05) is 12.1 Å². The Morgan fingerprint density at radius 3 is 2.35 bits per heavy atom. The Hall–Kier alpha value is -2.41. The standard InChI is InChI=1S/C19H18F4N2O/c1-11(19(26)24-16-9-8-15(21)17(22)18(16)23)25(14-6-7-14)10-12-2-4-13(20)5-3-12/h2-5,8-9,11,14H,6-7,10H2,1H3,(H,24,26)/t11-/m1/s1. The Kier molecular flexibility index (Phi) is 5.27. The topological polar surface area (TPSA) is 32.3 Å². The second kappa shape index (κ2) is 7.45. The van der Waals surface area contributed by atoms with E-state index in [0.717, 1.165) is 30.5 Å². The summed E-state index contributed by atoms with van der Waals surface area (Å²) < 4.78 is 53.1. The summed E-state index contributed by atoms with van der Waals surface area (Å²) in [6.45, 7) is 2.09. The molecule has 0 bridgehead atoms. The first kappa shape index (κ1) is 18.4. The van der Waals surface area contributed by atoms with Crippen LogP contribution in [0.5, 0.6) is 0 Å². The molecule has 1 N–H and O–H groups in total. The molecule has 26 heavy (non-hydrogen) atoms. The third kappa shape index (κ3) is 4.04. The Morgan fingerprint density at radius 1 is 1.08 bits per heavy atom. The average Bonchev–Trinajstić information content (AvgIpc) is 3.46. The normalized spacial score (nSPS) is 15.2. The highest BCUT2D eigenvalue weighted by molar-refractivity contribution is 5.94. The van der Waals surface area contributed by atoms with Crippen LogP contribution in [-0.2, 0) is 11.3 Å². The van der Waals surface area contributed by atoms with Gasteiger partial charge in [0.25, 0.3) is 0 Å². The van der Waals surface area contributed by atoms with Crippen LogP contribution < -0.4 is 5.32 Å². The third-order valence-corrected chi connectivity index (χ3v) is 4.46. The van der Waals surface area contributed by atoms with E-state index in [1.807, 2.05) is 4.90 Å². The number of nitrogens with zero attached hydrogens (tertiary/aromatic N) is 1. The lowest BCUT2D eigenvalue weighted by atomic mass is 10.1. The van der Waals surface area contributed by atoms with Crippen molar-refractivity contribution in [3.63, 3.8) is 0 Å². The van der Waals surface area contributed by atoms with Gasteiger partial charge in [0.15, 0.2) is 17.5 Å². The number of halogens is 4. The van der Waals surface area contributed by atoms with E-state index in [2.05, 4.69) is 5.32 Å². The summed E-state index contributed by atoms with van der Waals surface area (Å²) in [6, 6.07) is 7.31. The van der Waals surface area contributed by atoms with Crippen molar-refractivity contribution < 1.29 is 22.4 Å². The van der Waals surface area contributed by atoms with Gasteiger partial charge in [-0.15, -0.1) is 0 Å². The van der Waals surface area contributed by atoms with E-state index in [-0.39, 0.29) is 11.9 Å². The van der Waals surface area contributed by atoms with Gasteiger partial charge in [-0.05, 0) is 49.6 Å². The van der Waals surface area contributed by atoms with Crippen LogP contribution >= 0.6 is 0 Å². The summed E-state index contributed by atoms with van der Waals surface area (Å²) in [5.74, 6) is -5.23. The molecule has 0 unspecified atom stereocenters. The molecule has 0 saturated heterocycles. The zero-order valence-corrected chi connectivity index (χ0v) is 14.1. The van der Waals surface area contributed by atoms with Crippen molar-refractivity contribution in [3.05, 3.63) is 65.2 Å². The minimum Gasteiger partial charge on any atom is -0.322 e. The van der Waals surface area contributed by atoms with Gasteiger partial charge in [0, 0.05) is 12.6 Å². The third-order valence-electron chi connectivity index (χ3n) is 4.46. The lowest BCUT2D eigenvalue weighted by Crippen LogP contribution is -2.43.